The van der Waals surface area contributed by atoms with Crippen LogP contribution in [0.1, 0.15) is 37.8 Å². The Kier molecular flexibility index (Phi) is 9.19. The van der Waals surface area contributed by atoms with E-state index in [1.165, 1.54) is 11.4 Å². The van der Waals surface area contributed by atoms with Crippen LogP contribution in [0.4, 0.5) is 5.69 Å². The summed E-state index contributed by atoms with van der Waals surface area (Å²) in [5.41, 5.74) is 1.36. The molecule has 2 rings (SSSR count). The number of ether oxygens (including phenoxy) is 3. The van der Waals surface area contributed by atoms with Gasteiger partial charge in [-0.25, -0.2) is 8.42 Å². The van der Waals surface area contributed by atoms with E-state index in [1.54, 1.807) is 44.6 Å². The highest BCUT2D eigenvalue weighted by molar-refractivity contribution is 7.92. The number of methoxy groups -OCH3 is 3. The Hall–Kier alpha value is -2.94. The van der Waals surface area contributed by atoms with Crippen LogP contribution in [0.2, 0.25) is 0 Å². The van der Waals surface area contributed by atoms with Crippen LogP contribution in [-0.2, 0) is 14.8 Å². The summed E-state index contributed by atoms with van der Waals surface area (Å²) in [6, 6.07) is 12.3. The van der Waals surface area contributed by atoms with Gasteiger partial charge in [0.1, 0.15) is 5.75 Å². The van der Waals surface area contributed by atoms with Crippen molar-refractivity contribution in [1.82, 2.24) is 5.32 Å². The normalized spacial score (nSPS) is 12.0. The van der Waals surface area contributed by atoms with Crippen LogP contribution in [0, 0.1) is 0 Å². The number of carbonyl (C=O) groups is 1. The smallest absolute Gasteiger partial charge is 0.232 e. The highest BCUT2D eigenvalue weighted by atomic mass is 32.2. The van der Waals surface area contributed by atoms with Crippen molar-refractivity contribution >= 4 is 21.6 Å². The third-order valence-electron chi connectivity index (χ3n) is 5.07. The monoisotopic (exact) mass is 464 g/mol. The summed E-state index contributed by atoms with van der Waals surface area (Å²) in [5, 5.41) is 3.02. The van der Waals surface area contributed by atoms with Gasteiger partial charge in [0.2, 0.25) is 15.9 Å². The number of amides is 1. The molecule has 0 heterocycles. The van der Waals surface area contributed by atoms with Crippen molar-refractivity contribution in [2.24, 2.45) is 0 Å². The number of nitrogens with zero attached hydrogens (tertiary/aromatic N) is 1. The van der Waals surface area contributed by atoms with Gasteiger partial charge in [-0.2, -0.15) is 0 Å². The Morgan fingerprint density at radius 3 is 2.25 bits per heavy atom. The zero-order valence-corrected chi connectivity index (χ0v) is 20.1. The predicted molar refractivity (Wildman–Crippen MR) is 125 cm³/mol. The van der Waals surface area contributed by atoms with Gasteiger partial charge in [0.15, 0.2) is 11.5 Å². The number of carbonyl (C=O) groups excluding carboxylic acids is 1. The summed E-state index contributed by atoms with van der Waals surface area (Å²) in [7, 11) is 1.09. The number of hydrogen-bond donors (Lipinski definition) is 1. The van der Waals surface area contributed by atoms with E-state index in [9.17, 15) is 13.2 Å². The molecule has 0 aliphatic carbocycles. The first-order chi connectivity index (χ1) is 15.2. The van der Waals surface area contributed by atoms with E-state index in [4.69, 9.17) is 14.2 Å². The van der Waals surface area contributed by atoms with Crippen LogP contribution in [-0.4, -0.2) is 48.5 Å². The number of nitrogens with one attached hydrogen (secondary N) is 1. The minimum absolute atomic E-state index is 0.153. The van der Waals surface area contributed by atoms with Crippen molar-refractivity contribution in [2.75, 3.05) is 38.4 Å². The maximum atomic E-state index is 12.6. The molecule has 1 N–H and O–H groups in total. The Morgan fingerprint density at radius 1 is 1.00 bits per heavy atom. The van der Waals surface area contributed by atoms with Gasteiger partial charge in [-0.15, -0.1) is 0 Å². The van der Waals surface area contributed by atoms with Gasteiger partial charge in [0, 0.05) is 13.0 Å². The van der Waals surface area contributed by atoms with E-state index < -0.39 is 10.0 Å². The zero-order valence-electron chi connectivity index (χ0n) is 19.3. The lowest BCUT2D eigenvalue weighted by atomic mass is 10.0. The van der Waals surface area contributed by atoms with E-state index in [0.717, 1.165) is 11.8 Å². The number of anilines is 1. The molecule has 0 fully saturated rings. The molecule has 0 saturated heterocycles. The molecule has 1 amide bonds. The summed E-state index contributed by atoms with van der Waals surface area (Å²) in [4.78, 5) is 12.6. The van der Waals surface area contributed by atoms with E-state index in [1.807, 2.05) is 19.1 Å². The third-order valence-corrected chi connectivity index (χ3v) is 6.25. The number of para-hydroxylation sites is 2. The van der Waals surface area contributed by atoms with Crippen molar-refractivity contribution in [2.45, 2.75) is 32.2 Å². The second-order valence-electron chi connectivity index (χ2n) is 7.25. The maximum Gasteiger partial charge on any atom is 0.232 e. The SMILES string of the molecule is CCC(NC(=O)CCCN(c1ccccc1OC)S(C)(=O)=O)c1ccc(OC)c(OC)c1. The number of hydrogen-bond acceptors (Lipinski definition) is 6. The minimum atomic E-state index is -3.54. The fourth-order valence-corrected chi connectivity index (χ4v) is 4.41. The van der Waals surface area contributed by atoms with E-state index in [-0.39, 0.29) is 24.9 Å². The largest absolute Gasteiger partial charge is 0.495 e. The Bertz CT molecular complexity index is 1010. The Labute approximate surface area is 190 Å². The summed E-state index contributed by atoms with van der Waals surface area (Å²) in [5.74, 6) is 1.52. The highest BCUT2D eigenvalue weighted by Crippen LogP contribution is 2.31. The fraction of sp³-hybridized carbons (Fsp3) is 0.435. The molecular formula is C23H32N2O6S. The standard InChI is InChI=1S/C23H32N2O6S/c1-6-18(17-13-14-21(30-3)22(16-17)31-4)24-23(26)12-9-15-25(32(5,27)28)19-10-7-8-11-20(19)29-2/h7-8,10-11,13-14,16,18H,6,9,12,15H2,1-5H3,(H,24,26). The lowest BCUT2D eigenvalue weighted by Crippen LogP contribution is -2.33. The molecule has 0 bridgehead atoms. The highest BCUT2D eigenvalue weighted by Gasteiger charge is 2.21. The fourth-order valence-electron chi connectivity index (χ4n) is 3.44. The second-order valence-corrected chi connectivity index (χ2v) is 9.16. The van der Waals surface area contributed by atoms with Gasteiger partial charge in [0.25, 0.3) is 0 Å². The maximum absolute atomic E-state index is 12.6. The predicted octanol–water partition coefficient (Wildman–Crippen LogP) is 3.53. The quantitative estimate of drug-likeness (QED) is 0.517. The van der Waals surface area contributed by atoms with Gasteiger partial charge >= 0.3 is 0 Å². The molecule has 2 aromatic rings. The minimum Gasteiger partial charge on any atom is -0.495 e. The number of benzene rings is 2. The van der Waals surface area contributed by atoms with Crippen molar-refractivity contribution in [3.05, 3.63) is 48.0 Å². The van der Waals surface area contributed by atoms with Crippen molar-refractivity contribution in [3.8, 4) is 17.2 Å². The second kappa shape index (κ2) is 11.6. The van der Waals surface area contributed by atoms with Gasteiger partial charge in [0.05, 0.1) is 39.3 Å². The topological polar surface area (TPSA) is 94.2 Å². The van der Waals surface area contributed by atoms with Gasteiger partial charge in [-0.1, -0.05) is 25.1 Å². The molecule has 1 unspecified atom stereocenters. The molecule has 0 aliphatic heterocycles. The first-order valence-electron chi connectivity index (χ1n) is 10.4. The molecule has 8 nitrogen and oxygen atoms in total. The summed E-state index contributed by atoms with van der Waals surface area (Å²) in [6.07, 6.45) is 2.38. The van der Waals surface area contributed by atoms with Crippen LogP contribution in [0.3, 0.4) is 0 Å². The van der Waals surface area contributed by atoms with Crippen molar-refractivity contribution in [3.63, 3.8) is 0 Å². The molecule has 0 spiro atoms. The average molecular weight is 465 g/mol. The molecule has 0 radical (unpaired) electrons. The molecule has 9 heteroatoms. The molecule has 2 aromatic carbocycles. The molecule has 0 aliphatic rings. The van der Waals surface area contributed by atoms with E-state index in [0.29, 0.717) is 35.8 Å². The van der Waals surface area contributed by atoms with Crippen molar-refractivity contribution in [1.29, 1.82) is 0 Å². The van der Waals surface area contributed by atoms with Crippen LogP contribution in [0.5, 0.6) is 17.2 Å². The van der Waals surface area contributed by atoms with E-state index >= 15 is 0 Å². The van der Waals surface area contributed by atoms with Gasteiger partial charge in [-0.3, -0.25) is 9.10 Å². The van der Waals surface area contributed by atoms with E-state index in [2.05, 4.69) is 5.32 Å². The molecule has 32 heavy (non-hydrogen) atoms. The number of rotatable bonds is 12. The molecule has 0 aromatic heterocycles. The molecular weight excluding hydrogens is 432 g/mol. The average Bonchev–Trinajstić information content (AvgIpc) is 2.79. The number of sulfonamides is 1. The van der Waals surface area contributed by atoms with Crippen LogP contribution >= 0.6 is 0 Å². The lowest BCUT2D eigenvalue weighted by molar-refractivity contribution is -0.121. The van der Waals surface area contributed by atoms with Crippen LogP contribution < -0.4 is 23.8 Å². The summed E-state index contributed by atoms with van der Waals surface area (Å²) >= 11 is 0. The summed E-state index contributed by atoms with van der Waals surface area (Å²) in [6.45, 7) is 2.15. The third kappa shape index (κ3) is 6.53. The first-order valence-corrected chi connectivity index (χ1v) is 12.2. The molecule has 0 saturated carbocycles. The molecule has 176 valence electrons. The molecule has 1 atom stereocenters. The lowest BCUT2D eigenvalue weighted by Gasteiger charge is -2.24. The summed E-state index contributed by atoms with van der Waals surface area (Å²) < 4.78 is 41.9. The van der Waals surface area contributed by atoms with Crippen LogP contribution in [0.15, 0.2) is 42.5 Å². The van der Waals surface area contributed by atoms with Gasteiger partial charge < -0.3 is 19.5 Å². The zero-order chi connectivity index (χ0) is 23.7. The Balaban J connectivity index is 2.04. The van der Waals surface area contributed by atoms with Crippen molar-refractivity contribution < 1.29 is 27.4 Å². The van der Waals surface area contributed by atoms with Gasteiger partial charge in [-0.05, 0) is 42.7 Å². The Morgan fingerprint density at radius 2 is 1.66 bits per heavy atom. The van der Waals surface area contributed by atoms with Crippen LogP contribution in [0.25, 0.3) is 0 Å². The first kappa shape index (κ1) is 25.3.